The molecule has 0 spiro atoms. The zero-order valence-corrected chi connectivity index (χ0v) is 18.0. The van der Waals surface area contributed by atoms with Crippen LogP contribution in [0.3, 0.4) is 0 Å². The SMILES string of the molecule is CS(=O)(=O)N(CC(=O)NCc1nc(-c2cccc(Br)c2)no1)Cc1ccccc1. The molecular weight excluding hydrogens is 460 g/mol. The fourth-order valence-corrected chi connectivity index (χ4v) is 3.67. The second-order valence-electron chi connectivity index (χ2n) is 6.32. The number of nitrogens with zero attached hydrogens (tertiary/aromatic N) is 3. The summed E-state index contributed by atoms with van der Waals surface area (Å²) in [6.45, 7) is -0.191. The third-order valence-corrected chi connectivity index (χ3v) is 5.67. The molecule has 3 rings (SSSR count). The maximum Gasteiger partial charge on any atom is 0.246 e. The lowest BCUT2D eigenvalue weighted by Crippen LogP contribution is -2.39. The zero-order chi connectivity index (χ0) is 20.9. The lowest BCUT2D eigenvalue weighted by atomic mass is 10.2. The average molecular weight is 479 g/mol. The van der Waals surface area contributed by atoms with E-state index in [-0.39, 0.29) is 25.5 Å². The summed E-state index contributed by atoms with van der Waals surface area (Å²) in [7, 11) is -3.56. The van der Waals surface area contributed by atoms with Crippen molar-refractivity contribution in [3.05, 3.63) is 70.5 Å². The van der Waals surface area contributed by atoms with Crippen LogP contribution in [-0.2, 0) is 27.9 Å². The molecule has 1 aromatic heterocycles. The molecule has 1 amide bonds. The molecule has 1 heterocycles. The van der Waals surface area contributed by atoms with Crippen molar-refractivity contribution >= 4 is 31.9 Å². The number of aromatic nitrogens is 2. The zero-order valence-electron chi connectivity index (χ0n) is 15.6. The van der Waals surface area contributed by atoms with Crippen molar-refractivity contribution in [3.8, 4) is 11.4 Å². The molecule has 0 saturated heterocycles. The maximum absolute atomic E-state index is 12.3. The third kappa shape index (κ3) is 6.21. The van der Waals surface area contributed by atoms with E-state index >= 15 is 0 Å². The molecule has 2 aromatic carbocycles. The number of halogens is 1. The first-order chi connectivity index (χ1) is 13.8. The first-order valence-electron chi connectivity index (χ1n) is 8.65. The Labute approximate surface area is 177 Å². The molecule has 29 heavy (non-hydrogen) atoms. The number of nitrogens with one attached hydrogen (secondary N) is 1. The molecule has 0 aliphatic carbocycles. The quantitative estimate of drug-likeness (QED) is 0.533. The number of amides is 1. The van der Waals surface area contributed by atoms with Gasteiger partial charge in [-0.15, -0.1) is 0 Å². The van der Waals surface area contributed by atoms with Crippen LogP contribution in [0.4, 0.5) is 0 Å². The van der Waals surface area contributed by atoms with E-state index in [4.69, 9.17) is 4.52 Å². The maximum atomic E-state index is 12.3. The molecule has 8 nitrogen and oxygen atoms in total. The largest absolute Gasteiger partial charge is 0.346 e. The number of benzene rings is 2. The van der Waals surface area contributed by atoms with E-state index in [1.165, 1.54) is 0 Å². The molecule has 1 N–H and O–H groups in total. The lowest BCUT2D eigenvalue weighted by molar-refractivity contribution is -0.121. The summed E-state index contributed by atoms with van der Waals surface area (Å²) in [5.74, 6) is 0.160. The molecule has 0 bridgehead atoms. The molecule has 0 unspecified atom stereocenters. The van der Waals surface area contributed by atoms with Crippen molar-refractivity contribution < 1.29 is 17.7 Å². The van der Waals surface area contributed by atoms with E-state index in [1.54, 1.807) is 12.1 Å². The van der Waals surface area contributed by atoms with Gasteiger partial charge < -0.3 is 9.84 Å². The molecular formula is C19H19BrN4O4S. The van der Waals surface area contributed by atoms with Crippen LogP contribution in [0.1, 0.15) is 11.5 Å². The van der Waals surface area contributed by atoms with Gasteiger partial charge in [0, 0.05) is 16.6 Å². The van der Waals surface area contributed by atoms with Gasteiger partial charge in [-0.25, -0.2) is 8.42 Å². The number of sulfonamides is 1. The molecule has 0 aliphatic rings. The predicted octanol–water partition coefficient (Wildman–Crippen LogP) is 2.58. The van der Waals surface area contributed by atoms with Crippen LogP contribution >= 0.6 is 15.9 Å². The standard InChI is InChI=1S/C19H19BrN4O4S/c1-29(26,27)24(12-14-6-3-2-4-7-14)13-17(25)21-11-18-22-19(23-28-18)15-8-5-9-16(20)10-15/h2-10H,11-13H2,1H3,(H,21,25). The molecule has 0 saturated carbocycles. The van der Waals surface area contributed by atoms with E-state index in [0.29, 0.717) is 5.82 Å². The van der Waals surface area contributed by atoms with Gasteiger partial charge in [-0.1, -0.05) is 63.6 Å². The molecule has 10 heteroatoms. The number of carbonyl (C=O) groups excluding carboxylic acids is 1. The fraction of sp³-hybridized carbons (Fsp3) is 0.211. The van der Waals surface area contributed by atoms with Gasteiger partial charge in [-0.3, -0.25) is 4.79 Å². The van der Waals surface area contributed by atoms with Crippen LogP contribution < -0.4 is 5.32 Å². The molecule has 3 aromatic rings. The first-order valence-corrected chi connectivity index (χ1v) is 11.3. The summed E-state index contributed by atoms with van der Waals surface area (Å²) in [6, 6.07) is 16.5. The van der Waals surface area contributed by atoms with E-state index in [1.807, 2.05) is 42.5 Å². The summed E-state index contributed by atoms with van der Waals surface area (Å²) < 4.78 is 31.2. The average Bonchev–Trinajstić information content (AvgIpc) is 3.15. The van der Waals surface area contributed by atoms with Crippen LogP contribution in [-0.4, -0.2) is 41.6 Å². The number of carbonyl (C=O) groups is 1. The van der Waals surface area contributed by atoms with Gasteiger partial charge in [0.1, 0.15) is 0 Å². The molecule has 0 radical (unpaired) electrons. The van der Waals surface area contributed by atoms with Crippen molar-refractivity contribution in [1.82, 2.24) is 19.8 Å². The highest BCUT2D eigenvalue weighted by atomic mass is 79.9. The van der Waals surface area contributed by atoms with Gasteiger partial charge in [0.2, 0.25) is 27.6 Å². The second-order valence-corrected chi connectivity index (χ2v) is 9.21. The van der Waals surface area contributed by atoms with Crippen LogP contribution in [0.5, 0.6) is 0 Å². The first kappa shape index (κ1) is 21.2. The van der Waals surface area contributed by atoms with E-state index in [0.717, 1.165) is 26.2 Å². The van der Waals surface area contributed by atoms with E-state index < -0.39 is 15.9 Å². The summed E-state index contributed by atoms with van der Waals surface area (Å²) in [5, 5.41) is 6.51. The molecule has 0 atom stereocenters. The number of hydrogen-bond donors (Lipinski definition) is 1. The van der Waals surface area contributed by atoms with Crippen molar-refractivity contribution in [2.24, 2.45) is 0 Å². The Morgan fingerprint density at radius 1 is 1.17 bits per heavy atom. The Balaban J connectivity index is 1.59. The van der Waals surface area contributed by atoms with Crippen molar-refractivity contribution in [2.75, 3.05) is 12.8 Å². The van der Waals surface area contributed by atoms with Gasteiger partial charge in [0.05, 0.1) is 19.3 Å². The van der Waals surface area contributed by atoms with Crippen LogP contribution in [0.15, 0.2) is 63.6 Å². The topological polar surface area (TPSA) is 105 Å². The van der Waals surface area contributed by atoms with Crippen LogP contribution in [0.2, 0.25) is 0 Å². The summed E-state index contributed by atoms with van der Waals surface area (Å²) >= 11 is 3.38. The summed E-state index contributed by atoms with van der Waals surface area (Å²) in [6.07, 6.45) is 1.07. The lowest BCUT2D eigenvalue weighted by Gasteiger charge is -2.19. The highest BCUT2D eigenvalue weighted by Crippen LogP contribution is 2.20. The smallest absolute Gasteiger partial charge is 0.246 e. The minimum atomic E-state index is -3.56. The molecule has 0 aliphatic heterocycles. The Morgan fingerprint density at radius 3 is 2.62 bits per heavy atom. The Kier molecular flexibility index (Phi) is 6.78. The summed E-state index contributed by atoms with van der Waals surface area (Å²) in [5.41, 5.74) is 1.56. The van der Waals surface area contributed by atoms with E-state index in [9.17, 15) is 13.2 Å². The van der Waals surface area contributed by atoms with Gasteiger partial charge in [0.25, 0.3) is 0 Å². The normalized spacial score (nSPS) is 11.6. The highest BCUT2D eigenvalue weighted by molar-refractivity contribution is 9.10. The Morgan fingerprint density at radius 2 is 1.93 bits per heavy atom. The molecule has 152 valence electrons. The van der Waals surface area contributed by atoms with Crippen molar-refractivity contribution in [2.45, 2.75) is 13.1 Å². The molecule has 0 fully saturated rings. The van der Waals surface area contributed by atoms with Crippen molar-refractivity contribution in [3.63, 3.8) is 0 Å². The van der Waals surface area contributed by atoms with Crippen LogP contribution in [0, 0.1) is 0 Å². The summed E-state index contributed by atoms with van der Waals surface area (Å²) in [4.78, 5) is 16.5. The Hall–Kier alpha value is -2.56. The van der Waals surface area contributed by atoms with Gasteiger partial charge in [0.15, 0.2) is 0 Å². The third-order valence-electron chi connectivity index (χ3n) is 3.98. The predicted molar refractivity (Wildman–Crippen MR) is 111 cm³/mol. The second kappa shape index (κ2) is 9.29. The van der Waals surface area contributed by atoms with Crippen LogP contribution in [0.25, 0.3) is 11.4 Å². The van der Waals surface area contributed by atoms with Crippen molar-refractivity contribution in [1.29, 1.82) is 0 Å². The number of hydrogen-bond acceptors (Lipinski definition) is 6. The monoisotopic (exact) mass is 478 g/mol. The van der Waals surface area contributed by atoms with Gasteiger partial charge >= 0.3 is 0 Å². The van der Waals surface area contributed by atoms with E-state index in [2.05, 4.69) is 31.4 Å². The minimum Gasteiger partial charge on any atom is -0.346 e. The Bertz CT molecular complexity index is 1090. The highest BCUT2D eigenvalue weighted by Gasteiger charge is 2.21. The number of rotatable bonds is 8. The fourth-order valence-electron chi connectivity index (χ4n) is 2.54. The van der Waals surface area contributed by atoms with Gasteiger partial charge in [-0.2, -0.15) is 9.29 Å². The van der Waals surface area contributed by atoms with Gasteiger partial charge in [-0.05, 0) is 17.7 Å². The minimum absolute atomic E-state index is 0.00275.